The molecule has 0 atom stereocenters. The minimum Gasteiger partial charge on any atom is -0.478 e. The van der Waals surface area contributed by atoms with Gasteiger partial charge in [0.05, 0.1) is 12.3 Å². The minimum atomic E-state index is -1.16. The van der Waals surface area contributed by atoms with Gasteiger partial charge in [-0.1, -0.05) is 0 Å². The Morgan fingerprint density at radius 2 is 2.17 bits per heavy atom. The molecule has 0 aliphatic carbocycles. The van der Waals surface area contributed by atoms with E-state index in [4.69, 9.17) is 9.84 Å². The molecule has 2 aromatic rings. The van der Waals surface area contributed by atoms with Crippen molar-refractivity contribution in [1.29, 1.82) is 0 Å². The van der Waals surface area contributed by atoms with Crippen LogP contribution in [0, 0.1) is 0 Å². The van der Waals surface area contributed by atoms with Crippen molar-refractivity contribution in [3.8, 4) is 17.1 Å². The number of carbonyl (C=O) groups is 1. The smallest absolute Gasteiger partial charge is 0.373 e. The third-order valence-corrected chi connectivity index (χ3v) is 2.17. The van der Waals surface area contributed by atoms with Gasteiger partial charge < -0.3 is 9.84 Å². The van der Waals surface area contributed by atoms with Gasteiger partial charge in [0.1, 0.15) is 0 Å². The molecule has 0 aliphatic heterocycles. The zero-order valence-corrected chi connectivity index (χ0v) is 9.70. The third-order valence-electron chi connectivity index (χ3n) is 2.17. The summed E-state index contributed by atoms with van der Waals surface area (Å²) in [4.78, 5) is 22.4. The Labute approximate surface area is 103 Å². The Morgan fingerprint density at radius 3 is 2.78 bits per heavy atom. The normalized spacial score (nSPS) is 10.1. The summed E-state index contributed by atoms with van der Waals surface area (Å²) in [6.07, 6.45) is 2.99. The van der Waals surface area contributed by atoms with Crippen LogP contribution < -0.4 is 4.74 Å². The van der Waals surface area contributed by atoms with Crippen molar-refractivity contribution >= 4 is 5.97 Å². The molecule has 0 saturated heterocycles. The predicted octanol–water partition coefficient (Wildman–Crippen LogP) is 1.64. The summed E-state index contributed by atoms with van der Waals surface area (Å²) in [6, 6.07) is 5.11. The zero-order valence-electron chi connectivity index (χ0n) is 9.70. The van der Waals surface area contributed by atoms with Crippen LogP contribution in [0.1, 0.15) is 17.5 Å². The average Bonchev–Trinajstić information content (AvgIpc) is 2.40. The SMILES string of the molecule is CCOc1ccc(-c2ccnc(C(=O)O)n2)cn1. The summed E-state index contributed by atoms with van der Waals surface area (Å²) >= 11 is 0. The van der Waals surface area contributed by atoms with Gasteiger partial charge in [-0.2, -0.15) is 0 Å². The Morgan fingerprint density at radius 1 is 1.33 bits per heavy atom. The van der Waals surface area contributed by atoms with Gasteiger partial charge in [-0.05, 0) is 19.1 Å². The summed E-state index contributed by atoms with van der Waals surface area (Å²) in [5, 5.41) is 8.81. The number of carboxylic acid groups (broad SMARTS) is 1. The molecule has 18 heavy (non-hydrogen) atoms. The molecule has 0 aromatic carbocycles. The summed E-state index contributed by atoms with van der Waals surface area (Å²) in [5.74, 6) is -0.870. The number of rotatable bonds is 4. The van der Waals surface area contributed by atoms with Gasteiger partial charge >= 0.3 is 5.97 Å². The number of nitrogens with zero attached hydrogens (tertiary/aromatic N) is 3. The molecule has 2 rings (SSSR count). The Kier molecular flexibility index (Phi) is 3.47. The second kappa shape index (κ2) is 5.22. The molecular weight excluding hydrogens is 234 g/mol. The van der Waals surface area contributed by atoms with E-state index in [-0.39, 0.29) is 5.82 Å². The van der Waals surface area contributed by atoms with Crippen LogP contribution in [0.15, 0.2) is 30.6 Å². The van der Waals surface area contributed by atoms with Gasteiger partial charge in [-0.25, -0.2) is 19.7 Å². The maximum atomic E-state index is 10.8. The molecule has 0 spiro atoms. The van der Waals surface area contributed by atoms with Crippen LogP contribution in [-0.4, -0.2) is 32.6 Å². The highest BCUT2D eigenvalue weighted by atomic mass is 16.5. The third kappa shape index (κ3) is 2.60. The van der Waals surface area contributed by atoms with Crippen molar-refractivity contribution in [2.24, 2.45) is 0 Å². The summed E-state index contributed by atoms with van der Waals surface area (Å²) < 4.78 is 5.22. The monoisotopic (exact) mass is 245 g/mol. The number of ether oxygens (including phenoxy) is 1. The first-order chi connectivity index (χ1) is 8.70. The van der Waals surface area contributed by atoms with Gasteiger partial charge in [0.15, 0.2) is 0 Å². The quantitative estimate of drug-likeness (QED) is 0.881. The van der Waals surface area contributed by atoms with Crippen molar-refractivity contribution in [3.63, 3.8) is 0 Å². The number of aromatic nitrogens is 3. The molecule has 0 aliphatic rings. The molecule has 6 heteroatoms. The van der Waals surface area contributed by atoms with Crippen LogP contribution in [0.5, 0.6) is 5.88 Å². The van der Waals surface area contributed by atoms with Crippen LogP contribution in [0.3, 0.4) is 0 Å². The number of hydrogen-bond acceptors (Lipinski definition) is 5. The van der Waals surface area contributed by atoms with Crippen LogP contribution >= 0.6 is 0 Å². The van der Waals surface area contributed by atoms with Crippen molar-refractivity contribution < 1.29 is 14.6 Å². The number of pyridine rings is 1. The van der Waals surface area contributed by atoms with Gasteiger partial charge in [0.25, 0.3) is 0 Å². The van der Waals surface area contributed by atoms with E-state index >= 15 is 0 Å². The molecule has 1 N–H and O–H groups in total. The van der Waals surface area contributed by atoms with Gasteiger partial charge in [-0.15, -0.1) is 0 Å². The lowest BCUT2D eigenvalue weighted by Crippen LogP contribution is -2.04. The second-order valence-electron chi connectivity index (χ2n) is 3.39. The Bertz CT molecular complexity index is 555. The lowest BCUT2D eigenvalue weighted by molar-refractivity contribution is 0.0683. The molecular formula is C12H11N3O3. The average molecular weight is 245 g/mol. The first-order valence-corrected chi connectivity index (χ1v) is 5.36. The van der Waals surface area contributed by atoms with Crippen molar-refractivity contribution in [2.75, 3.05) is 6.61 Å². The summed E-state index contributed by atoms with van der Waals surface area (Å²) in [6.45, 7) is 2.42. The minimum absolute atomic E-state index is 0.235. The van der Waals surface area contributed by atoms with E-state index in [1.54, 1.807) is 24.4 Å². The molecule has 92 valence electrons. The molecule has 0 fully saturated rings. The molecule has 2 heterocycles. The van der Waals surface area contributed by atoms with E-state index in [1.807, 2.05) is 6.92 Å². The highest BCUT2D eigenvalue weighted by Crippen LogP contribution is 2.17. The number of carboxylic acids is 1. The number of hydrogen-bond donors (Lipinski definition) is 1. The first-order valence-electron chi connectivity index (χ1n) is 5.36. The van der Waals surface area contributed by atoms with E-state index in [0.717, 1.165) is 0 Å². The van der Waals surface area contributed by atoms with Crippen LogP contribution in [0.4, 0.5) is 0 Å². The molecule has 0 bridgehead atoms. The molecule has 6 nitrogen and oxygen atoms in total. The molecule has 0 saturated carbocycles. The lowest BCUT2D eigenvalue weighted by Gasteiger charge is -2.03. The van der Waals surface area contributed by atoms with Crippen LogP contribution in [0.2, 0.25) is 0 Å². The largest absolute Gasteiger partial charge is 0.478 e. The van der Waals surface area contributed by atoms with Crippen LogP contribution in [-0.2, 0) is 0 Å². The number of aromatic carboxylic acids is 1. The second-order valence-corrected chi connectivity index (χ2v) is 3.39. The molecule has 2 aromatic heterocycles. The summed E-state index contributed by atoms with van der Waals surface area (Å²) in [7, 11) is 0. The zero-order chi connectivity index (χ0) is 13.0. The van der Waals surface area contributed by atoms with Crippen molar-refractivity contribution in [2.45, 2.75) is 6.92 Å². The van der Waals surface area contributed by atoms with Crippen LogP contribution in [0.25, 0.3) is 11.3 Å². The van der Waals surface area contributed by atoms with E-state index in [2.05, 4.69) is 15.0 Å². The highest BCUT2D eigenvalue weighted by Gasteiger charge is 2.08. The van der Waals surface area contributed by atoms with E-state index in [0.29, 0.717) is 23.7 Å². The molecule has 0 radical (unpaired) electrons. The van der Waals surface area contributed by atoms with E-state index in [9.17, 15) is 4.79 Å². The Balaban J connectivity index is 2.30. The van der Waals surface area contributed by atoms with Gasteiger partial charge in [-0.3, -0.25) is 0 Å². The summed E-state index contributed by atoms with van der Waals surface area (Å²) in [5.41, 5.74) is 1.22. The molecule has 0 unspecified atom stereocenters. The Hall–Kier alpha value is -2.50. The standard InChI is InChI=1S/C12H11N3O3/c1-2-18-10-4-3-8(7-14-10)9-5-6-13-11(15-9)12(16)17/h3-7H,2H2,1H3,(H,16,17). The topological polar surface area (TPSA) is 85.2 Å². The van der Waals surface area contributed by atoms with Gasteiger partial charge in [0.2, 0.25) is 11.7 Å². The predicted molar refractivity (Wildman–Crippen MR) is 63.4 cm³/mol. The van der Waals surface area contributed by atoms with E-state index in [1.165, 1.54) is 6.20 Å². The molecule has 0 amide bonds. The maximum absolute atomic E-state index is 10.8. The van der Waals surface area contributed by atoms with Crippen molar-refractivity contribution in [1.82, 2.24) is 15.0 Å². The van der Waals surface area contributed by atoms with Gasteiger partial charge in [0, 0.05) is 24.0 Å². The fourth-order valence-corrected chi connectivity index (χ4v) is 1.39. The fraction of sp³-hybridized carbons (Fsp3) is 0.167. The highest BCUT2D eigenvalue weighted by molar-refractivity contribution is 5.83. The van der Waals surface area contributed by atoms with E-state index < -0.39 is 5.97 Å². The lowest BCUT2D eigenvalue weighted by atomic mass is 10.2. The fourth-order valence-electron chi connectivity index (χ4n) is 1.39. The van der Waals surface area contributed by atoms with Crippen molar-refractivity contribution in [3.05, 3.63) is 36.4 Å². The first kappa shape index (κ1) is 12.0. The maximum Gasteiger partial charge on any atom is 0.373 e.